The van der Waals surface area contributed by atoms with E-state index in [2.05, 4.69) is 5.32 Å². The van der Waals surface area contributed by atoms with Gasteiger partial charge in [-0.1, -0.05) is 0 Å². The summed E-state index contributed by atoms with van der Waals surface area (Å²) in [4.78, 5) is 13.4. The van der Waals surface area contributed by atoms with Crippen LogP contribution in [0.1, 0.15) is 20.3 Å². The first kappa shape index (κ1) is 10.0. The van der Waals surface area contributed by atoms with Gasteiger partial charge in [0.25, 0.3) is 0 Å². The molecule has 4 nitrogen and oxygen atoms in total. The van der Waals surface area contributed by atoms with Crippen LogP contribution in [-0.4, -0.2) is 36.0 Å². The predicted octanol–water partition coefficient (Wildman–Crippen LogP) is 0.109. The van der Waals surface area contributed by atoms with Crippen molar-refractivity contribution in [3.8, 4) is 6.07 Å². The van der Waals surface area contributed by atoms with Gasteiger partial charge in [0.1, 0.15) is 6.04 Å². The monoisotopic (exact) mass is 181 g/mol. The number of likely N-dealkylation sites (N-methyl/N-ethyl adjacent to an activating group) is 1. The molecule has 13 heavy (non-hydrogen) atoms. The molecule has 0 spiro atoms. The number of carbonyl (C=O) groups is 1. The summed E-state index contributed by atoms with van der Waals surface area (Å²) >= 11 is 0. The molecule has 72 valence electrons. The van der Waals surface area contributed by atoms with Crippen LogP contribution < -0.4 is 5.32 Å². The van der Waals surface area contributed by atoms with Gasteiger partial charge in [-0.25, -0.2) is 0 Å². The summed E-state index contributed by atoms with van der Waals surface area (Å²) in [6.45, 7) is 4.74. The Morgan fingerprint density at radius 2 is 2.38 bits per heavy atom. The van der Waals surface area contributed by atoms with E-state index in [9.17, 15) is 4.79 Å². The third-order valence-corrected chi connectivity index (χ3v) is 2.61. The lowest BCUT2D eigenvalue weighted by molar-refractivity contribution is -0.140. The molecule has 0 aromatic carbocycles. The summed E-state index contributed by atoms with van der Waals surface area (Å²) in [6.07, 6.45) is 0.249. The normalized spacial score (nSPS) is 27.1. The van der Waals surface area contributed by atoms with Gasteiger partial charge in [-0.3, -0.25) is 4.79 Å². The van der Waals surface area contributed by atoms with Crippen molar-refractivity contribution in [1.82, 2.24) is 10.2 Å². The summed E-state index contributed by atoms with van der Waals surface area (Å²) < 4.78 is 0. The van der Waals surface area contributed by atoms with Gasteiger partial charge in [-0.15, -0.1) is 0 Å². The second kappa shape index (κ2) is 3.35. The Labute approximate surface area is 78.5 Å². The van der Waals surface area contributed by atoms with Gasteiger partial charge in [0.05, 0.1) is 12.5 Å². The molecule has 0 bridgehead atoms. The van der Waals surface area contributed by atoms with Crippen molar-refractivity contribution in [3.63, 3.8) is 0 Å². The van der Waals surface area contributed by atoms with Crippen LogP contribution in [-0.2, 0) is 4.79 Å². The number of piperazine rings is 1. The Balaban J connectivity index is 2.72. The number of nitriles is 1. The molecule has 1 fully saturated rings. The van der Waals surface area contributed by atoms with Gasteiger partial charge in [0, 0.05) is 19.1 Å². The summed E-state index contributed by atoms with van der Waals surface area (Å²) in [5.41, 5.74) is -0.150. The fourth-order valence-corrected chi connectivity index (χ4v) is 1.36. The topological polar surface area (TPSA) is 56.1 Å². The average molecular weight is 181 g/mol. The summed E-state index contributed by atoms with van der Waals surface area (Å²) in [6, 6.07) is 1.69. The first-order valence-corrected chi connectivity index (χ1v) is 4.37. The fraction of sp³-hybridized carbons (Fsp3) is 0.778. The Morgan fingerprint density at radius 3 is 2.92 bits per heavy atom. The quantitative estimate of drug-likeness (QED) is 0.624. The van der Waals surface area contributed by atoms with Crippen molar-refractivity contribution in [1.29, 1.82) is 5.26 Å². The minimum absolute atomic E-state index is 0.0119. The van der Waals surface area contributed by atoms with Gasteiger partial charge in [0.15, 0.2) is 0 Å². The van der Waals surface area contributed by atoms with E-state index in [0.29, 0.717) is 0 Å². The van der Waals surface area contributed by atoms with E-state index in [1.165, 1.54) is 0 Å². The Bertz CT molecular complexity index is 254. The highest BCUT2D eigenvalue weighted by atomic mass is 16.2. The zero-order valence-corrected chi connectivity index (χ0v) is 8.29. The molecule has 1 amide bonds. The second-order valence-corrected chi connectivity index (χ2v) is 4.01. The van der Waals surface area contributed by atoms with Crippen molar-refractivity contribution < 1.29 is 4.79 Å². The molecule has 1 saturated heterocycles. The number of hydrogen-bond acceptors (Lipinski definition) is 3. The van der Waals surface area contributed by atoms with E-state index in [-0.39, 0.29) is 23.9 Å². The zero-order chi connectivity index (χ0) is 10.1. The zero-order valence-electron chi connectivity index (χ0n) is 8.29. The average Bonchev–Trinajstić information content (AvgIpc) is 2.07. The molecule has 0 saturated carbocycles. The van der Waals surface area contributed by atoms with Crippen molar-refractivity contribution in [2.75, 3.05) is 13.6 Å². The molecule has 1 unspecified atom stereocenters. The summed E-state index contributed by atoms with van der Waals surface area (Å²) in [5, 5.41) is 11.6. The molecule has 0 aromatic rings. The molecule has 0 aromatic heterocycles. The number of nitrogens with zero attached hydrogens (tertiary/aromatic N) is 2. The maximum absolute atomic E-state index is 11.6. The van der Waals surface area contributed by atoms with Crippen LogP contribution in [0, 0.1) is 11.3 Å². The lowest BCUT2D eigenvalue weighted by Gasteiger charge is -2.43. The van der Waals surface area contributed by atoms with Crippen molar-refractivity contribution in [2.45, 2.75) is 31.8 Å². The van der Waals surface area contributed by atoms with E-state index < -0.39 is 0 Å². The van der Waals surface area contributed by atoms with Crippen LogP contribution in [0.5, 0.6) is 0 Å². The van der Waals surface area contributed by atoms with Gasteiger partial charge >= 0.3 is 0 Å². The number of nitrogens with one attached hydrogen (secondary N) is 1. The molecule has 0 aliphatic carbocycles. The smallest absolute Gasteiger partial charge is 0.241 e. The highest BCUT2D eigenvalue weighted by Gasteiger charge is 2.37. The molecular weight excluding hydrogens is 166 g/mol. The molecule has 1 atom stereocenters. The van der Waals surface area contributed by atoms with Gasteiger partial charge in [-0.2, -0.15) is 5.26 Å². The molecule has 4 heteroatoms. The van der Waals surface area contributed by atoms with Gasteiger partial charge < -0.3 is 10.2 Å². The van der Waals surface area contributed by atoms with Crippen molar-refractivity contribution >= 4 is 5.91 Å². The minimum Gasteiger partial charge on any atom is -0.338 e. The number of rotatable bonds is 1. The molecule has 0 radical (unpaired) electrons. The predicted molar refractivity (Wildman–Crippen MR) is 48.9 cm³/mol. The number of carbonyl (C=O) groups excluding carboxylic acids is 1. The van der Waals surface area contributed by atoms with E-state index in [1.807, 2.05) is 19.9 Å². The van der Waals surface area contributed by atoms with Crippen LogP contribution >= 0.6 is 0 Å². The third-order valence-electron chi connectivity index (χ3n) is 2.61. The van der Waals surface area contributed by atoms with E-state index >= 15 is 0 Å². The largest absolute Gasteiger partial charge is 0.338 e. The van der Waals surface area contributed by atoms with E-state index in [1.54, 1.807) is 11.9 Å². The fourth-order valence-electron chi connectivity index (χ4n) is 1.36. The minimum atomic E-state index is -0.317. The summed E-state index contributed by atoms with van der Waals surface area (Å²) in [7, 11) is 1.79. The third kappa shape index (κ3) is 1.81. The van der Waals surface area contributed by atoms with Crippen LogP contribution in [0.3, 0.4) is 0 Å². The van der Waals surface area contributed by atoms with Crippen LogP contribution in [0.25, 0.3) is 0 Å². The van der Waals surface area contributed by atoms with Gasteiger partial charge in [-0.05, 0) is 13.8 Å². The molecule has 1 aliphatic rings. The lowest BCUT2D eigenvalue weighted by Crippen LogP contribution is -2.63. The van der Waals surface area contributed by atoms with Crippen LogP contribution in [0.4, 0.5) is 0 Å². The van der Waals surface area contributed by atoms with Gasteiger partial charge in [0.2, 0.25) is 5.91 Å². The maximum Gasteiger partial charge on any atom is 0.241 e. The van der Waals surface area contributed by atoms with Crippen LogP contribution in [0.2, 0.25) is 0 Å². The number of hydrogen-bond donors (Lipinski definition) is 1. The maximum atomic E-state index is 11.6. The number of amides is 1. The van der Waals surface area contributed by atoms with E-state index in [0.717, 1.165) is 6.54 Å². The molecule has 1 heterocycles. The first-order valence-electron chi connectivity index (χ1n) is 4.37. The summed E-state index contributed by atoms with van der Waals surface area (Å²) in [5.74, 6) is 0.0119. The Morgan fingerprint density at radius 1 is 1.77 bits per heavy atom. The molecule has 1 N–H and O–H groups in total. The Kier molecular flexibility index (Phi) is 2.58. The standard InChI is InChI=1S/C9H15N3O/c1-9(2)6-11-7(4-5-10)8(13)12(9)3/h7,11H,4,6H2,1-3H3. The van der Waals surface area contributed by atoms with Crippen LogP contribution in [0.15, 0.2) is 0 Å². The highest BCUT2D eigenvalue weighted by molar-refractivity contribution is 5.83. The molecule has 1 rings (SSSR count). The van der Waals surface area contributed by atoms with Crippen molar-refractivity contribution in [2.24, 2.45) is 0 Å². The molecule has 1 aliphatic heterocycles. The lowest BCUT2D eigenvalue weighted by atomic mass is 9.97. The SMILES string of the molecule is CN1C(=O)C(CC#N)NCC1(C)C. The second-order valence-electron chi connectivity index (χ2n) is 4.01. The van der Waals surface area contributed by atoms with Crippen molar-refractivity contribution in [3.05, 3.63) is 0 Å². The van der Waals surface area contributed by atoms with E-state index in [4.69, 9.17) is 5.26 Å². The highest BCUT2D eigenvalue weighted by Crippen LogP contribution is 2.18. The first-order chi connectivity index (χ1) is 5.99. The Hall–Kier alpha value is -1.08. The molecular formula is C9H15N3O.